The molecule has 0 spiro atoms. The molecule has 0 amide bonds. The van der Waals surface area contributed by atoms with Crippen molar-refractivity contribution in [3.05, 3.63) is 85.2 Å². The van der Waals surface area contributed by atoms with Crippen LogP contribution in [0.15, 0.2) is 85.2 Å². The van der Waals surface area contributed by atoms with Crippen molar-refractivity contribution in [3.8, 4) is 23.0 Å². The highest BCUT2D eigenvalue weighted by Gasteiger charge is 2.13. The van der Waals surface area contributed by atoms with Crippen molar-refractivity contribution < 1.29 is 14.2 Å². The molecule has 0 saturated heterocycles. The van der Waals surface area contributed by atoms with Gasteiger partial charge >= 0.3 is 0 Å². The Kier molecular flexibility index (Phi) is 5.17. The van der Waals surface area contributed by atoms with E-state index in [0.717, 1.165) is 38.9 Å². The molecule has 1 N–H and O–H groups in total. The van der Waals surface area contributed by atoms with Gasteiger partial charge in [-0.05, 0) is 30.3 Å². The molecule has 32 heavy (non-hydrogen) atoms. The lowest BCUT2D eigenvalue weighted by molar-refractivity contribution is 0.356. The van der Waals surface area contributed by atoms with Gasteiger partial charge in [0.2, 0.25) is 0 Å². The van der Waals surface area contributed by atoms with Crippen LogP contribution < -0.4 is 19.5 Å². The number of nitrogens with one attached hydrogen (secondary N) is 1. The highest BCUT2D eigenvalue weighted by atomic mass is 16.5. The molecule has 6 heteroatoms. The van der Waals surface area contributed by atoms with Crippen molar-refractivity contribution >= 4 is 33.2 Å². The highest BCUT2D eigenvalue weighted by Crippen LogP contribution is 2.38. The second kappa shape index (κ2) is 8.43. The molecule has 0 fully saturated rings. The topological polar surface area (TPSA) is 65.5 Å². The third kappa shape index (κ3) is 3.63. The molecule has 0 radical (unpaired) electrons. The molecule has 1 heterocycles. The number of methoxy groups -OCH3 is 2. The maximum atomic E-state index is 6.14. The Hall–Kier alpha value is -4.32. The minimum Gasteiger partial charge on any atom is -0.493 e. The van der Waals surface area contributed by atoms with E-state index in [-0.39, 0.29) is 0 Å². The monoisotopic (exact) mass is 423 g/mol. The fraction of sp³-hybridized carbons (Fsp3) is 0.0769. The van der Waals surface area contributed by atoms with E-state index in [0.29, 0.717) is 17.3 Å². The molecular formula is C26H21N3O3. The Labute approximate surface area is 185 Å². The summed E-state index contributed by atoms with van der Waals surface area (Å²) in [4.78, 5) is 8.86. The Bertz CT molecular complexity index is 1400. The molecule has 0 aliphatic carbocycles. The minimum absolute atomic E-state index is 0.620. The minimum atomic E-state index is 0.620. The first kappa shape index (κ1) is 19.6. The lowest BCUT2D eigenvalue weighted by Crippen LogP contribution is -1.99. The van der Waals surface area contributed by atoms with Crippen LogP contribution in [0.25, 0.3) is 21.7 Å². The van der Waals surface area contributed by atoms with E-state index in [2.05, 4.69) is 21.4 Å². The lowest BCUT2D eigenvalue weighted by atomic mass is 10.1. The van der Waals surface area contributed by atoms with Crippen LogP contribution in [0.5, 0.6) is 23.0 Å². The summed E-state index contributed by atoms with van der Waals surface area (Å²) in [6, 6.07) is 25.6. The molecule has 0 unspecified atom stereocenters. The Morgan fingerprint density at radius 2 is 1.38 bits per heavy atom. The Morgan fingerprint density at radius 3 is 2.16 bits per heavy atom. The summed E-state index contributed by atoms with van der Waals surface area (Å²) in [5.41, 5.74) is 1.67. The fourth-order valence-electron chi connectivity index (χ4n) is 3.70. The van der Waals surface area contributed by atoms with Gasteiger partial charge in [-0.15, -0.1) is 0 Å². The van der Waals surface area contributed by atoms with Crippen LogP contribution >= 0.6 is 0 Å². The van der Waals surface area contributed by atoms with Gasteiger partial charge in [-0.3, -0.25) is 0 Å². The first-order valence-electron chi connectivity index (χ1n) is 10.2. The second-order valence-corrected chi connectivity index (χ2v) is 7.14. The van der Waals surface area contributed by atoms with E-state index in [1.165, 1.54) is 6.33 Å². The normalized spacial score (nSPS) is 10.8. The fourth-order valence-corrected chi connectivity index (χ4v) is 3.70. The van der Waals surface area contributed by atoms with Gasteiger partial charge in [0, 0.05) is 27.9 Å². The van der Waals surface area contributed by atoms with E-state index in [4.69, 9.17) is 14.2 Å². The number of hydrogen-bond acceptors (Lipinski definition) is 6. The standard InChI is InChI=1S/C26H21N3O3/c1-30-24-14-20-22(15-25(24)31-2)27-16-28-26(20)29-21-12-13-23(19-11-7-6-10-18(19)21)32-17-8-4-3-5-9-17/h3-16H,1-2H3,(H,27,28,29). The zero-order chi connectivity index (χ0) is 21.9. The number of ether oxygens (including phenoxy) is 3. The number of aromatic nitrogens is 2. The van der Waals surface area contributed by atoms with E-state index in [1.807, 2.05) is 72.8 Å². The van der Waals surface area contributed by atoms with Gasteiger partial charge in [0.25, 0.3) is 0 Å². The van der Waals surface area contributed by atoms with Crippen molar-refractivity contribution in [2.45, 2.75) is 0 Å². The van der Waals surface area contributed by atoms with Gasteiger partial charge in [-0.25, -0.2) is 9.97 Å². The predicted octanol–water partition coefficient (Wildman–Crippen LogP) is 6.34. The molecule has 5 aromatic rings. The summed E-state index contributed by atoms with van der Waals surface area (Å²) >= 11 is 0. The van der Waals surface area contributed by atoms with Gasteiger partial charge in [0.15, 0.2) is 11.5 Å². The number of rotatable bonds is 6. The maximum Gasteiger partial charge on any atom is 0.162 e. The Morgan fingerprint density at radius 1 is 0.656 bits per heavy atom. The second-order valence-electron chi connectivity index (χ2n) is 7.14. The van der Waals surface area contributed by atoms with Crippen LogP contribution in [0, 0.1) is 0 Å². The van der Waals surface area contributed by atoms with Gasteiger partial charge in [0.05, 0.1) is 19.7 Å². The largest absolute Gasteiger partial charge is 0.493 e. The molecule has 4 aromatic carbocycles. The van der Waals surface area contributed by atoms with Crippen molar-refractivity contribution in [1.82, 2.24) is 9.97 Å². The average molecular weight is 423 g/mol. The zero-order valence-corrected chi connectivity index (χ0v) is 17.7. The quantitative estimate of drug-likeness (QED) is 0.344. The molecule has 1 aromatic heterocycles. The molecular weight excluding hydrogens is 402 g/mol. The number of fused-ring (bicyclic) bond motifs is 2. The summed E-state index contributed by atoms with van der Waals surface area (Å²) in [7, 11) is 3.22. The lowest BCUT2D eigenvalue weighted by Gasteiger charge is -2.15. The van der Waals surface area contributed by atoms with Crippen molar-refractivity contribution in [3.63, 3.8) is 0 Å². The van der Waals surface area contributed by atoms with Crippen LogP contribution in [0.2, 0.25) is 0 Å². The smallest absolute Gasteiger partial charge is 0.162 e. The van der Waals surface area contributed by atoms with Crippen molar-refractivity contribution in [1.29, 1.82) is 0 Å². The summed E-state index contributed by atoms with van der Waals surface area (Å²) in [5.74, 6) is 3.50. The van der Waals surface area contributed by atoms with Crippen LogP contribution in [0.3, 0.4) is 0 Å². The SMILES string of the molecule is COc1cc2ncnc(Nc3ccc(Oc4ccccc4)c4ccccc34)c2cc1OC. The Balaban J connectivity index is 1.58. The molecule has 0 saturated carbocycles. The van der Waals surface area contributed by atoms with Gasteiger partial charge < -0.3 is 19.5 Å². The summed E-state index contributed by atoms with van der Waals surface area (Å²) in [5, 5.41) is 6.32. The van der Waals surface area contributed by atoms with Crippen molar-refractivity contribution in [2.75, 3.05) is 19.5 Å². The molecule has 158 valence electrons. The van der Waals surface area contributed by atoms with E-state index in [1.54, 1.807) is 14.2 Å². The number of nitrogens with zero attached hydrogens (tertiary/aromatic N) is 2. The molecule has 0 aliphatic heterocycles. The zero-order valence-electron chi connectivity index (χ0n) is 17.7. The highest BCUT2D eigenvalue weighted by molar-refractivity contribution is 6.01. The maximum absolute atomic E-state index is 6.14. The number of hydrogen-bond donors (Lipinski definition) is 1. The third-order valence-electron chi connectivity index (χ3n) is 5.25. The van der Waals surface area contributed by atoms with E-state index < -0.39 is 0 Å². The van der Waals surface area contributed by atoms with E-state index in [9.17, 15) is 0 Å². The van der Waals surface area contributed by atoms with Crippen LogP contribution in [0.1, 0.15) is 0 Å². The molecule has 5 rings (SSSR count). The number of anilines is 2. The number of para-hydroxylation sites is 1. The molecule has 6 nitrogen and oxygen atoms in total. The van der Waals surface area contributed by atoms with Crippen LogP contribution in [-0.4, -0.2) is 24.2 Å². The average Bonchev–Trinajstić information content (AvgIpc) is 2.85. The van der Waals surface area contributed by atoms with Gasteiger partial charge in [-0.2, -0.15) is 0 Å². The van der Waals surface area contributed by atoms with Crippen molar-refractivity contribution in [2.24, 2.45) is 0 Å². The molecule has 0 bridgehead atoms. The molecule has 0 atom stereocenters. The van der Waals surface area contributed by atoms with Gasteiger partial charge in [0.1, 0.15) is 23.6 Å². The predicted molar refractivity (Wildman–Crippen MR) is 126 cm³/mol. The van der Waals surface area contributed by atoms with Gasteiger partial charge in [-0.1, -0.05) is 42.5 Å². The first-order chi connectivity index (χ1) is 15.8. The third-order valence-corrected chi connectivity index (χ3v) is 5.25. The summed E-state index contributed by atoms with van der Waals surface area (Å²) in [6.07, 6.45) is 1.53. The van der Waals surface area contributed by atoms with Crippen LogP contribution in [0.4, 0.5) is 11.5 Å². The number of benzene rings is 4. The summed E-state index contributed by atoms with van der Waals surface area (Å²) in [6.45, 7) is 0. The molecule has 0 aliphatic rings. The van der Waals surface area contributed by atoms with E-state index >= 15 is 0 Å². The summed E-state index contributed by atoms with van der Waals surface area (Å²) < 4.78 is 17.0. The van der Waals surface area contributed by atoms with Crippen LogP contribution in [-0.2, 0) is 0 Å². The first-order valence-corrected chi connectivity index (χ1v) is 10.2.